The average molecular weight is 248 g/mol. The van der Waals surface area contributed by atoms with Crippen molar-refractivity contribution in [3.05, 3.63) is 11.6 Å². The Kier molecular flexibility index (Phi) is 2.16. The summed E-state index contributed by atoms with van der Waals surface area (Å²) in [5.41, 5.74) is -0.183. The van der Waals surface area contributed by atoms with Crippen LogP contribution in [0.5, 0.6) is 0 Å². The number of hydrogen-bond acceptors (Lipinski definition) is 2. The van der Waals surface area contributed by atoms with Crippen LogP contribution in [0.2, 0.25) is 0 Å². The summed E-state index contributed by atoms with van der Waals surface area (Å²) in [5.74, 6) is 0.102. The molecule has 0 aliphatic heterocycles. The van der Waals surface area contributed by atoms with Gasteiger partial charge in [0.2, 0.25) is 0 Å². The molecule has 3 nitrogen and oxygen atoms in total. The highest BCUT2D eigenvalue weighted by Gasteiger charge is 2.71. The minimum absolute atomic E-state index is 0.134. The molecule has 1 spiro atoms. The van der Waals surface area contributed by atoms with Gasteiger partial charge in [-0.1, -0.05) is 26.8 Å². The Balaban J connectivity index is 2.18. The van der Waals surface area contributed by atoms with Crippen LogP contribution in [0.3, 0.4) is 0 Å². The van der Waals surface area contributed by atoms with Gasteiger partial charge >= 0.3 is 5.97 Å². The van der Waals surface area contributed by atoms with Gasteiger partial charge in [0, 0.05) is 23.3 Å². The predicted octanol–water partition coefficient (Wildman–Crippen LogP) is 2.66. The van der Waals surface area contributed by atoms with Crippen molar-refractivity contribution in [2.75, 3.05) is 0 Å². The van der Waals surface area contributed by atoms with Gasteiger partial charge in [-0.2, -0.15) is 0 Å². The molecule has 0 aromatic carbocycles. The Morgan fingerprint density at radius 1 is 1.44 bits per heavy atom. The van der Waals surface area contributed by atoms with E-state index in [1.54, 1.807) is 0 Å². The van der Waals surface area contributed by atoms with Crippen molar-refractivity contribution < 1.29 is 14.7 Å². The molecular formula is C15H20O3. The monoisotopic (exact) mass is 248 g/mol. The van der Waals surface area contributed by atoms with Crippen LogP contribution in [-0.2, 0) is 9.59 Å². The minimum atomic E-state index is -0.849. The first-order valence-electron chi connectivity index (χ1n) is 6.84. The fraction of sp³-hybridized carbons (Fsp3) is 0.733. The van der Waals surface area contributed by atoms with E-state index < -0.39 is 11.4 Å². The lowest BCUT2D eigenvalue weighted by atomic mass is 9.60. The van der Waals surface area contributed by atoms with Crippen LogP contribution < -0.4 is 0 Å². The van der Waals surface area contributed by atoms with E-state index in [1.165, 1.54) is 0 Å². The second kappa shape index (κ2) is 3.25. The highest BCUT2D eigenvalue weighted by Crippen LogP contribution is 2.71. The lowest BCUT2D eigenvalue weighted by molar-refractivity contribution is -0.135. The lowest BCUT2D eigenvalue weighted by Gasteiger charge is -2.40. The smallest absolute Gasteiger partial charge is 0.331 e. The van der Waals surface area contributed by atoms with Crippen molar-refractivity contribution in [1.82, 2.24) is 0 Å². The standard InChI is InChI=1S/C15H20O3/c1-8-6-12(16)15-9(2)10(13(17)18)7-14(15,3)5-4-11(8)15/h7-9,11H,4-6H2,1-3H3,(H,17,18)/t8-,9+,11+,14+,15+/m1/s1. The van der Waals surface area contributed by atoms with E-state index >= 15 is 0 Å². The van der Waals surface area contributed by atoms with Crippen LogP contribution >= 0.6 is 0 Å². The molecule has 2 saturated carbocycles. The maximum absolute atomic E-state index is 12.6. The Morgan fingerprint density at radius 3 is 2.72 bits per heavy atom. The highest BCUT2D eigenvalue weighted by atomic mass is 16.4. The second-order valence-corrected chi connectivity index (χ2v) is 6.66. The van der Waals surface area contributed by atoms with Gasteiger partial charge < -0.3 is 5.11 Å². The summed E-state index contributed by atoms with van der Waals surface area (Å²) in [7, 11) is 0. The van der Waals surface area contributed by atoms with Gasteiger partial charge in [-0.15, -0.1) is 0 Å². The van der Waals surface area contributed by atoms with Gasteiger partial charge in [-0.3, -0.25) is 4.79 Å². The SMILES string of the molecule is C[C@@H]1CC(=O)[C@@]23[C@@H](C)C(C(=O)O)=C[C@]2(C)CC[C@@H]13. The van der Waals surface area contributed by atoms with Crippen LogP contribution in [0.1, 0.15) is 40.0 Å². The number of carboxylic acids is 1. The molecule has 5 atom stereocenters. The van der Waals surface area contributed by atoms with Gasteiger partial charge in [0.25, 0.3) is 0 Å². The van der Waals surface area contributed by atoms with Crippen LogP contribution in [0.15, 0.2) is 11.6 Å². The number of ketones is 1. The molecular weight excluding hydrogens is 228 g/mol. The molecule has 98 valence electrons. The predicted molar refractivity (Wildman–Crippen MR) is 66.9 cm³/mol. The second-order valence-electron chi connectivity index (χ2n) is 6.66. The minimum Gasteiger partial charge on any atom is -0.478 e. The van der Waals surface area contributed by atoms with Crippen LogP contribution in [-0.4, -0.2) is 16.9 Å². The summed E-state index contributed by atoms with van der Waals surface area (Å²) in [4.78, 5) is 24.0. The molecule has 0 saturated heterocycles. The molecule has 3 aliphatic carbocycles. The van der Waals surface area contributed by atoms with Crippen molar-refractivity contribution in [2.45, 2.75) is 40.0 Å². The fourth-order valence-corrected chi connectivity index (χ4v) is 5.38. The van der Waals surface area contributed by atoms with E-state index in [2.05, 4.69) is 13.8 Å². The summed E-state index contributed by atoms with van der Waals surface area (Å²) in [6.07, 6.45) is 4.55. The number of carbonyl (C=O) groups is 2. The zero-order valence-electron chi connectivity index (χ0n) is 11.2. The molecule has 2 fully saturated rings. The van der Waals surface area contributed by atoms with Crippen LogP contribution in [0.25, 0.3) is 0 Å². The van der Waals surface area contributed by atoms with Crippen LogP contribution in [0.4, 0.5) is 0 Å². The molecule has 0 aromatic rings. The third-order valence-corrected chi connectivity index (χ3v) is 6.03. The quantitative estimate of drug-likeness (QED) is 0.776. The van der Waals surface area contributed by atoms with E-state index in [1.807, 2.05) is 13.0 Å². The summed E-state index contributed by atoms with van der Waals surface area (Å²) in [6, 6.07) is 0. The first kappa shape index (κ1) is 11.9. The molecule has 3 heteroatoms. The molecule has 0 amide bonds. The molecule has 0 radical (unpaired) electrons. The Bertz CT molecular complexity index is 478. The Hall–Kier alpha value is -1.12. The van der Waals surface area contributed by atoms with Gasteiger partial charge in [-0.05, 0) is 30.1 Å². The van der Waals surface area contributed by atoms with Gasteiger partial charge in [0.05, 0.1) is 0 Å². The average Bonchev–Trinajstić information content (AvgIpc) is 2.79. The lowest BCUT2D eigenvalue weighted by Crippen LogP contribution is -2.43. The zero-order valence-corrected chi connectivity index (χ0v) is 11.2. The summed E-state index contributed by atoms with van der Waals surface area (Å²) in [6.45, 7) is 6.18. The third kappa shape index (κ3) is 1.03. The maximum atomic E-state index is 12.6. The first-order chi connectivity index (χ1) is 8.34. The van der Waals surface area contributed by atoms with E-state index in [4.69, 9.17) is 0 Å². The number of Topliss-reactive ketones (excluding diaryl/α,β-unsaturated/α-hetero) is 1. The maximum Gasteiger partial charge on any atom is 0.331 e. The number of carbonyl (C=O) groups excluding carboxylic acids is 1. The van der Waals surface area contributed by atoms with Crippen molar-refractivity contribution in [1.29, 1.82) is 0 Å². The third-order valence-electron chi connectivity index (χ3n) is 6.03. The molecule has 0 bridgehead atoms. The van der Waals surface area contributed by atoms with Crippen molar-refractivity contribution in [3.63, 3.8) is 0 Å². The Morgan fingerprint density at radius 2 is 2.11 bits per heavy atom. The van der Waals surface area contributed by atoms with Crippen molar-refractivity contribution in [3.8, 4) is 0 Å². The molecule has 0 aromatic heterocycles. The van der Waals surface area contributed by atoms with E-state index in [9.17, 15) is 14.7 Å². The normalized spacial score (nSPS) is 50.1. The Labute approximate surface area is 107 Å². The van der Waals surface area contributed by atoms with Crippen LogP contribution in [0, 0.1) is 28.6 Å². The van der Waals surface area contributed by atoms with Crippen molar-refractivity contribution in [2.24, 2.45) is 28.6 Å². The first-order valence-corrected chi connectivity index (χ1v) is 6.84. The number of carboxylic acid groups (broad SMARTS) is 1. The number of allylic oxidation sites excluding steroid dienone is 1. The molecule has 3 aliphatic rings. The van der Waals surface area contributed by atoms with E-state index in [0.717, 1.165) is 12.8 Å². The summed E-state index contributed by atoms with van der Waals surface area (Å²) in [5, 5.41) is 9.34. The largest absolute Gasteiger partial charge is 0.478 e. The molecule has 0 heterocycles. The highest BCUT2D eigenvalue weighted by molar-refractivity contribution is 5.96. The van der Waals surface area contributed by atoms with E-state index in [-0.39, 0.29) is 11.3 Å². The number of aliphatic carboxylic acids is 1. The summed E-state index contributed by atoms with van der Waals surface area (Å²) >= 11 is 0. The number of rotatable bonds is 1. The molecule has 0 unspecified atom stereocenters. The van der Waals surface area contributed by atoms with Gasteiger partial charge in [-0.25, -0.2) is 4.79 Å². The number of hydrogen-bond donors (Lipinski definition) is 1. The van der Waals surface area contributed by atoms with Gasteiger partial charge in [0.15, 0.2) is 0 Å². The molecule has 1 N–H and O–H groups in total. The zero-order chi connectivity index (χ0) is 13.3. The molecule has 18 heavy (non-hydrogen) atoms. The van der Waals surface area contributed by atoms with Gasteiger partial charge in [0.1, 0.15) is 5.78 Å². The van der Waals surface area contributed by atoms with Crippen molar-refractivity contribution >= 4 is 11.8 Å². The topological polar surface area (TPSA) is 54.4 Å². The fourth-order valence-electron chi connectivity index (χ4n) is 5.38. The molecule has 3 rings (SSSR count). The summed E-state index contributed by atoms with van der Waals surface area (Å²) < 4.78 is 0. The van der Waals surface area contributed by atoms with E-state index in [0.29, 0.717) is 29.6 Å².